The number of amides is 1. The number of nitrogens with one attached hydrogen (secondary N) is 1. The molecule has 1 saturated heterocycles. The van der Waals surface area contributed by atoms with E-state index in [0.29, 0.717) is 23.8 Å². The Kier molecular flexibility index (Phi) is 6.42. The van der Waals surface area contributed by atoms with Crippen LogP contribution in [-0.2, 0) is 17.1 Å². The van der Waals surface area contributed by atoms with Crippen LogP contribution < -0.4 is 5.32 Å². The molecule has 0 saturated carbocycles. The van der Waals surface area contributed by atoms with E-state index in [1.165, 1.54) is 28.2 Å². The second-order valence-corrected chi connectivity index (χ2v) is 10.4. The molecule has 0 atom stereocenters. The molecule has 0 unspecified atom stereocenters. The Morgan fingerprint density at radius 1 is 1.19 bits per heavy atom. The second kappa shape index (κ2) is 9.07. The fourth-order valence-corrected chi connectivity index (χ4v) is 5.71. The first kappa shape index (κ1) is 21.9. The number of carbonyl (C=O) groups excluding carboxylic acids is 1. The lowest BCUT2D eigenvalue weighted by molar-refractivity contribution is 0.0991. The third kappa shape index (κ3) is 4.82. The van der Waals surface area contributed by atoms with Crippen LogP contribution in [0.15, 0.2) is 62.3 Å². The summed E-state index contributed by atoms with van der Waals surface area (Å²) < 4.78 is 34.2. The van der Waals surface area contributed by atoms with Gasteiger partial charge in [0.25, 0.3) is 15.9 Å². The number of anilines is 1. The molecular weight excluding hydrogens is 460 g/mol. The molecule has 2 aromatic heterocycles. The van der Waals surface area contributed by atoms with Crippen molar-refractivity contribution in [3.05, 3.63) is 53.5 Å². The normalized spacial score (nSPS) is 15.2. The molecule has 3 aromatic rings. The standard InChI is InChI=1S/C20H21ClN4O4S2/c1-24-12-9-22-20(24)30-17-7-5-14(21)13-15(17)23-19(26)16-6-8-18(29-16)31(27,28)25-10-3-2-4-11-25/h5-9,12-13H,2-4,10-11H2,1H3,(H,23,26). The Morgan fingerprint density at radius 2 is 1.97 bits per heavy atom. The largest absolute Gasteiger partial charge is 0.438 e. The van der Waals surface area contributed by atoms with Gasteiger partial charge in [0.05, 0.1) is 5.69 Å². The summed E-state index contributed by atoms with van der Waals surface area (Å²) in [5, 5.41) is 3.72. The number of benzene rings is 1. The van der Waals surface area contributed by atoms with Crippen molar-refractivity contribution in [3.63, 3.8) is 0 Å². The van der Waals surface area contributed by atoms with E-state index in [0.717, 1.165) is 29.3 Å². The maximum absolute atomic E-state index is 12.8. The quantitative estimate of drug-likeness (QED) is 0.566. The summed E-state index contributed by atoms with van der Waals surface area (Å²) in [5.41, 5.74) is 0.474. The van der Waals surface area contributed by atoms with Crippen molar-refractivity contribution >= 4 is 45.0 Å². The fourth-order valence-electron chi connectivity index (χ4n) is 3.23. The van der Waals surface area contributed by atoms with E-state index in [9.17, 15) is 13.2 Å². The third-order valence-electron chi connectivity index (χ3n) is 4.88. The van der Waals surface area contributed by atoms with E-state index >= 15 is 0 Å². The van der Waals surface area contributed by atoms with Gasteiger partial charge in [-0.2, -0.15) is 4.31 Å². The summed E-state index contributed by atoms with van der Waals surface area (Å²) in [7, 11) is -1.88. The lowest BCUT2D eigenvalue weighted by Crippen LogP contribution is -2.35. The number of hydrogen-bond donors (Lipinski definition) is 1. The lowest BCUT2D eigenvalue weighted by Gasteiger charge is -2.24. The Hall–Kier alpha value is -2.27. The molecule has 164 valence electrons. The summed E-state index contributed by atoms with van der Waals surface area (Å²) >= 11 is 7.49. The number of carbonyl (C=O) groups is 1. The number of halogens is 1. The van der Waals surface area contributed by atoms with Crippen LogP contribution in [-0.4, -0.2) is 41.3 Å². The van der Waals surface area contributed by atoms with E-state index in [1.807, 2.05) is 17.8 Å². The average Bonchev–Trinajstić information content (AvgIpc) is 3.41. The van der Waals surface area contributed by atoms with Gasteiger partial charge in [-0.15, -0.1) is 0 Å². The van der Waals surface area contributed by atoms with Crippen molar-refractivity contribution in [1.29, 1.82) is 0 Å². The van der Waals surface area contributed by atoms with Gasteiger partial charge < -0.3 is 14.3 Å². The summed E-state index contributed by atoms with van der Waals surface area (Å²) in [6, 6.07) is 7.81. The predicted molar refractivity (Wildman–Crippen MR) is 118 cm³/mol. The minimum absolute atomic E-state index is 0.0940. The van der Waals surface area contributed by atoms with Crippen molar-refractivity contribution in [2.75, 3.05) is 18.4 Å². The van der Waals surface area contributed by atoms with Gasteiger partial charge in [-0.05, 0) is 54.9 Å². The topological polar surface area (TPSA) is 97.4 Å². The highest BCUT2D eigenvalue weighted by Gasteiger charge is 2.29. The molecule has 1 fully saturated rings. The number of hydrogen-bond acceptors (Lipinski definition) is 6. The van der Waals surface area contributed by atoms with E-state index < -0.39 is 15.9 Å². The van der Waals surface area contributed by atoms with Crippen molar-refractivity contribution < 1.29 is 17.6 Å². The zero-order chi connectivity index (χ0) is 22.0. The number of piperidine rings is 1. The van der Waals surface area contributed by atoms with Gasteiger partial charge in [0.15, 0.2) is 10.9 Å². The number of furan rings is 1. The Labute approximate surface area is 189 Å². The van der Waals surface area contributed by atoms with E-state index in [-0.39, 0.29) is 10.9 Å². The zero-order valence-corrected chi connectivity index (χ0v) is 19.1. The van der Waals surface area contributed by atoms with Gasteiger partial charge in [-0.1, -0.05) is 18.0 Å². The molecule has 3 heterocycles. The van der Waals surface area contributed by atoms with Crippen LogP contribution in [0.3, 0.4) is 0 Å². The highest BCUT2D eigenvalue weighted by Crippen LogP contribution is 2.34. The van der Waals surface area contributed by atoms with Crippen LogP contribution in [0, 0.1) is 0 Å². The van der Waals surface area contributed by atoms with E-state index in [2.05, 4.69) is 10.3 Å². The van der Waals surface area contributed by atoms with Crippen LogP contribution in [0.5, 0.6) is 0 Å². The van der Waals surface area contributed by atoms with Gasteiger partial charge in [0.1, 0.15) is 0 Å². The molecule has 1 aromatic carbocycles. The molecule has 0 spiro atoms. The molecule has 11 heteroatoms. The van der Waals surface area contributed by atoms with Crippen molar-refractivity contribution in [2.24, 2.45) is 7.05 Å². The molecule has 1 N–H and O–H groups in total. The van der Waals surface area contributed by atoms with Crippen LogP contribution >= 0.6 is 23.4 Å². The fraction of sp³-hybridized carbons (Fsp3) is 0.300. The molecule has 1 aliphatic heterocycles. The van der Waals surface area contributed by atoms with E-state index in [1.54, 1.807) is 24.4 Å². The highest BCUT2D eigenvalue weighted by molar-refractivity contribution is 7.99. The second-order valence-electron chi connectivity index (χ2n) is 7.10. The van der Waals surface area contributed by atoms with E-state index in [4.69, 9.17) is 16.0 Å². The summed E-state index contributed by atoms with van der Waals surface area (Å²) in [6.45, 7) is 0.918. The molecule has 1 amide bonds. The minimum atomic E-state index is -3.75. The van der Waals surface area contributed by atoms with Gasteiger partial charge >= 0.3 is 0 Å². The number of imidazole rings is 1. The first-order valence-corrected chi connectivity index (χ1v) is 12.3. The number of sulfonamides is 1. The van der Waals surface area contributed by atoms with Crippen LogP contribution in [0.1, 0.15) is 29.8 Å². The summed E-state index contributed by atoms with van der Waals surface area (Å²) in [5.74, 6) is -0.660. The summed E-state index contributed by atoms with van der Waals surface area (Å²) in [4.78, 5) is 17.8. The van der Waals surface area contributed by atoms with Crippen LogP contribution in [0.25, 0.3) is 0 Å². The third-order valence-corrected chi connectivity index (χ3v) is 8.04. The SMILES string of the molecule is Cn1ccnc1Sc1ccc(Cl)cc1NC(=O)c1ccc(S(=O)(=O)N2CCCCC2)o1. The van der Waals surface area contributed by atoms with Crippen molar-refractivity contribution in [1.82, 2.24) is 13.9 Å². The molecule has 8 nitrogen and oxygen atoms in total. The van der Waals surface area contributed by atoms with Crippen LogP contribution in [0.4, 0.5) is 5.69 Å². The number of rotatable bonds is 6. The van der Waals surface area contributed by atoms with Gasteiger partial charge in [-0.3, -0.25) is 4.79 Å². The first-order chi connectivity index (χ1) is 14.8. The van der Waals surface area contributed by atoms with Gasteiger partial charge in [0.2, 0.25) is 5.09 Å². The molecule has 1 aliphatic rings. The number of nitrogens with zero attached hydrogens (tertiary/aromatic N) is 3. The zero-order valence-electron chi connectivity index (χ0n) is 16.7. The first-order valence-electron chi connectivity index (χ1n) is 9.70. The molecule has 0 radical (unpaired) electrons. The van der Waals surface area contributed by atoms with Crippen molar-refractivity contribution in [2.45, 2.75) is 34.4 Å². The maximum atomic E-state index is 12.8. The smallest absolute Gasteiger partial charge is 0.291 e. The van der Waals surface area contributed by atoms with Gasteiger partial charge in [-0.25, -0.2) is 13.4 Å². The lowest BCUT2D eigenvalue weighted by atomic mass is 10.2. The molecule has 4 rings (SSSR count). The number of aryl methyl sites for hydroxylation is 1. The highest BCUT2D eigenvalue weighted by atomic mass is 35.5. The Balaban J connectivity index is 1.54. The number of aromatic nitrogens is 2. The minimum Gasteiger partial charge on any atom is -0.438 e. The van der Waals surface area contributed by atoms with Crippen molar-refractivity contribution in [3.8, 4) is 0 Å². The van der Waals surface area contributed by atoms with Crippen LogP contribution in [0.2, 0.25) is 5.02 Å². The van der Waals surface area contributed by atoms with Gasteiger partial charge in [0, 0.05) is 42.4 Å². The molecular formula is C20H21ClN4O4S2. The Morgan fingerprint density at radius 3 is 2.68 bits per heavy atom. The molecule has 0 bridgehead atoms. The average molecular weight is 481 g/mol. The monoisotopic (exact) mass is 480 g/mol. The molecule has 0 aliphatic carbocycles. The predicted octanol–water partition coefficient (Wildman–Crippen LogP) is 4.24. The summed E-state index contributed by atoms with van der Waals surface area (Å²) in [6.07, 6.45) is 6.15. The molecule has 31 heavy (non-hydrogen) atoms. The maximum Gasteiger partial charge on any atom is 0.291 e. The Bertz CT molecular complexity index is 1200.